The van der Waals surface area contributed by atoms with Crippen LogP contribution in [0.1, 0.15) is 25.8 Å². The lowest BCUT2D eigenvalue weighted by Gasteiger charge is -2.14. The normalized spacial score (nSPS) is 13.3. The molecule has 1 unspecified atom stereocenters. The summed E-state index contributed by atoms with van der Waals surface area (Å²) in [6, 6.07) is 8.83. The summed E-state index contributed by atoms with van der Waals surface area (Å²) >= 11 is 0. The van der Waals surface area contributed by atoms with Gasteiger partial charge in [-0.1, -0.05) is 24.6 Å². The fraction of sp³-hybridized carbons (Fsp3) is 0.263. The molecule has 0 bridgehead atoms. The van der Waals surface area contributed by atoms with Crippen LogP contribution < -0.4 is 5.43 Å². The van der Waals surface area contributed by atoms with Gasteiger partial charge in [-0.05, 0) is 38.5 Å². The molecule has 0 aliphatic carbocycles. The molecule has 0 fully saturated rings. The van der Waals surface area contributed by atoms with E-state index >= 15 is 0 Å². The van der Waals surface area contributed by atoms with Crippen LogP contribution in [0.15, 0.2) is 53.9 Å². The molecule has 140 valence electrons. The van der Waals surface area contributed by atoms with Gasteiger partial charge in [0, 0.05) is 17.6 Å². The summed E-state index contributed by atoms with van der Waals surface area (Å²) in [6.45, 7) is 6.10. The van der Waals surface area contributed by atoms with E-state index in [-0.39, 0.29) is 10.9 Å². The molecule has 7 nitrogen and oxygen atoms in total. The third kappa shape index (κ3) is 2.86. The first kappa shape index (κ1) is 17.5. The molecular formula is C19H21N5O2S. The SMILES string of the molecule is CCC(C)Nn1cnc2cnc3c(ccn3S(=O)(=O)c3ccc(C)cc3)c21. The smallest absolute Gasteiger partial charge is 0.269 e. The lowest BCUT2D eigenvalue weighted by molar-refractivity contribution is 0.588. The number of aromatic nitrogens is 4. The highest BCUT2D eigenvalue weighted by Gasteiger charge is 2.21. The Kier molecular flexibility index (Phi) is 4.15. The van der Waals surface area contributed by atoms with Gasteiger partial charge in [0.05, 0.1) is 11.1 Å². The van der Waals surface area contributed by atoms with Gasteiger partial charge in [0.2, 0.25) is 0 Å². The number of nitrogens with zero attached hydrogens (tertiary/aromatic N) is 4. The molecule has 4 aromatic rings. The van der Waals surface area contributed by atoms with E-state index in [1.54, 1.807) is 49.1 Å². The first-order valence-electron chi connectivity index (χ1n) is 8.83. The predicted octanol–water partition coefficient (Wildman–Crippen LogP) is 3.27. The molecule has 0 saturated heterocycles. The van der Waals surface area contributed by atoms with Gasteiger partial charge in [-0.2, -0.15) is 0 Å². The van der Waals surface area contributed by atoms with Crippen LogP contribution >= 0.6 is 0 Å². The first-order chi connectivity index (χ1) is 12.9. The van der Waals surface area contributed by atoms with E-state index in [4.69, 9.17) is 0 Å². The zero-order valence-corrected chi connectivity index (χ0v) is 16.2. The molecule has 0 saturated carbocycles. The third-order valence-corrected chi connectivity index (χ3v) is 6.42. The Balaban J connectivity index is 1.90. The summed E-state index contributed by atoms with van der Waals surface area (Å²) in [5.41, 5.74) is 6.28. The van der Waals surface area contributed by atoms with Crippen molar-refractivity contribution in [2.24, 2.45) is 0 Å². The standard InChI is InChI=1S/C19H21N5O2S/c1-4-14(3)22-23-12-21-17-11-20-19-16(18(17)23)9-10-24(19)27(25,26)15-7-5-13(2)6-8-15/h5-12,14,22H,4H2,1-3H3. The molecule has 27 heavy (non-hydrogen) atoms. The van der Waals surface area contributed by atoms with Crippen molar-refractivity contribution >= 4 is 32.1 Å². The minimum atomic E-state index is -3.73. The van der Waals surface area contributed by atoms with Gasteiger partial charge >= 0.3 is 0 Å². The number of pyridine rings is 1. The second-order valence-corrected chi connectivity index (χ2v) is 8.53. The lowest BCUT2D eigenvalue weighted by Crippen LogP contribution is -2.23. The Morgan fingerprint density at radius 3 is 2.59 bits per heavy atom. The minimum absolute atomic E-state index is 0.235. The van der Waals surface area contributed by atoms with Crippen LogP contribution in [0.25, 0.3) is 22.1 Å². The van der Waals surface area contributed by atoms with Crippen molar-refractivity contribution in [2.45, 2.75) is 38.1 Å². The molecule has 0 spiro atoms. The van der Waals surface area contributed by atoms with Gasteiger partial charge in [-0.3, -0.25) is 0 Å². The number of aryl methyl sites for hydroxylation is 1. The van der Waals surface area contributed by atoms with Crippen LogP contribution in [0.4, 0.5) is 0 Å². The largest absolute Gasteiger partial charge is 0.322 e. The average molecular weight is 383 g/mol. The quantitative estimate of drug-likeness (QED) is 0.572. The second-order valence-electron chi connectivity index (χ2n) is 6.71. The van der Waals surface area contributed by atoms with Gasteiger partial charge < -0.3 is 5.43 Å². The Morgan fingerprint density at radius 1 is 1.15 bits per heavy atom. The van der Waals surface area contributed by atoms with Crippen molar-refractivity contribution < 1.29 is 8.42 Å². The van der Waals surface area contributed by atoms with Crippen molar-refractivity contribution in [3.63, 3.8) is 0 Å². The van der Waals surface area contributed by atoms with Crippen LogP contribution in [0.5, 0.6) is 0 Å². The van der Waals surface area contributed by atoms with Gasteiger partial charge in [-0.15, -0.1) is 0 Å². The van der Waals surface area contributed by atoms with Gasteiger partial charge in [-0.25, -0.2) is 27.0 Å². The van der Waals surface area contributed by atoms with E-state index in [1.807, 2.05) is 11.6 Å². The molecule has 3 aromatic heterocycles. The number of hydrogen-bond donors (Lipinski definition) is 1. The van der Waals surface area contributed by atoms with Crippen LogP contribution in [0.2, 0.25) is 0 Å². The summed E-state index contributed by atoms with van der Waals surface area (Å²) in [5.74, 6) is 0. The maximum Gasteiger partial charge on any atom is 0.269 e. The molecule has 0 aliphatic heterocycles. The molecule has 1 atom stereocenters. The van der Waals surface area contributed by atoms with E-state index in [0.29, 0.717) is 11.2 Å². The fourth-order valence-corrected chi connectivity index (χ4v) is 4.31. The first-order valence-corrected chi connectivity index (χ1v) is 10.3. The van der Waals surface area contributed by atoms with Crippen LogP contribution in [0, 0.1) is 6.92 Å². The van der Waals surface area contributed by atoms with E-state index in [9.17, 15) is 8.42 Å². The van der Waals surface area contributed by atoms with Crippen molar-refractivity contribution in [1.82, 2.24) is 18.6 Å². The van der Waals surface area contributed by atoms with Crippen molar-refractivity contribution in [3.8, 4) is 0 Å². The van der Waals surface area contributed by atoms with Crippen LogP contribution in [-0.2, 0) is 10.0 Å². The van der Waals surface area contributed by atoms with Crippen LogP contribution in [0.3, 0.4) is 0 Å². The zero-order chi connectivity index (χ0) is 19.2. The van der Waals surface area contributed by atoms with Crippen molar-refractivity contribution in [3.05, 3.63) is 54.6 Å². The fourth-order valence-electron chi connectivity index (χ4n) is 3.01. The maximum absolute atomic E-state index is 13.1. The van der Waals surface area contributed by atoms with Crippen molar-refractivity contribution in [1.29, 1.82) is 0 Å². The Bertz CT molecular complexity index is 1220. The minimum Gasteiger partial charge on any atom is -0.322 e. The highest BCUT2D eigenvalue weighted by Crippen LogP contribution is 2.26. The second kappa shape index (κ2) is 6.38. The molecule has 8 heteroatoms. The molecule has 0 amide bonds. The van der Waals surface area contributed by atoms with Crippen molar-refractivity contribution in [2.75, 3.05) is 5.43 Å². The lowest BCUT2D eigenvalue weighted by atomic mass is 10.2. The number of rotatable bonds is 5. The number of benzene rings is 1. The van der Waals surface area contributed by atoms with Gasteiger partial charge in [0.25, 0.3) is 10.0 Å². The predicted molar refractivity (Wildman–Crippen MR) is 106 cm³/mol. The molecular weight excluding hydrogens is 362 g/mol. The van der Waals surface area contributed by atoms with E-state index in [1.165, 1.54) is 3.97 Å². The third-order valence-electron chi connectivity index (χ3n) is 4.74. The van der Waals surface area contributed by atoms with E-state index < -0.39 is 10.0 Å². The number of fused-ring (bicyclic) bond motifs is 3. The summed E-state index contributed by atoms with van der Waals surface area (Å²) in [4.78, 5) is 8.98. The van der Waals surface area contributed by atoms with E-state index in [2.05, 4.69) is 29.2 Å². The summed E-state index contributed by atoms with van der Waals surface area (Å²) in [6.07, 6.45) is 5.81. The topological polar surface area (TPSA) is 81.8 Å². The summed E-state index contributed by atoms with van der Waals surface area (Å²) in [5, 5.41) is 0.733. The Labute approximate surface area is 157 Å². The molecule has 1 N–H and O–H groups in total. The monoisotopic (exact) mass is 383 g/mol. The number of hydrogen-bond acceptors (Lipinski definition) is 5. The number of imidazole rings is 1. The molecule has 1 aromatic carbocycles. The molecule has 0 aliphatic rings. The average Bonchev–Trinajstić information content (AvgIpc) is 3.26. The van der Waals surface area contributed by atoms with Gasteiger partial charge in [0.1, 0.15) is 17.4 Å². The van der Waals surface area contributed by atoms with Crippen LogP contribution in [-0.4, -0.2) is 33.1 Å². The summed E-state index contributed by atoms with van der Waals surface area (Å²) < 4.78 is 29.2. The zero-order valence-electron chi connectivity index (χ0n) is 15.4. The molecule has 0 radical (unpaired) electrons. The number of nitrogens with one attached hydrogen (secondary N) is 1. The summed E-state index contributed by atoms with van der Waals surface area (Å²) in [7, 11) is -3.73. The Morgan fingerprint density at radius 2 is 1.89 bits per heavy atom. The molecule has 4 rings (SSSR count). The highest BCUT2D eigenvalue weighted by molar-refractivity contribution is 7.90. The maximum atomic E-state index is 13.1. The highest BCUT2D eigenvalue weighted by atomic mass is 32.2. The van der Waals surface area contributed by atoms with Gasteiger partial charge in [0.15, 0.2) is 5.65 Å². The Hall–Kier alpha value is -2.87. The van der Waals surface area contributed by atoms with E-state index in [0.717, 1.165) is 22.9 Å². The molecule has 3 heterocycles.